The number of hydrogen-bond acceptors (Lipinski definition) is 5. The lowest BCUT2D eigenvalue weighted by molar-refractivity contribution is -0.131. The average molecular weight is 394 g/mol. The second-order valence-corrected chi connectivity index (χ2v) is 8.56. The molecule has 1 heterocycles. The molecular weight excluding hydrogens is 372 g/mol. The number of sulfonamides is 1. The summed E-state index contributed by atoms with van der Waals surface area (Å²) >= 11 is 0. The lowest BCUT2D eigenvalue weighted by Crippen LogP contribution is -2.58. The Kier molecular flexibility index (Phi) is 5.47. The van der Waals surface area contributed by atoms with Gasteiger partial charge < -0.3 is 16.0 Å². The summed E-state index contributed by atoms with van der Waals surface area (Å²) in [6.45, 7) is 1.62. The molecule has 1 aromatic carbocycles. The van der Waals surface area contributed by atoms with Crippen molar-refractivity contribution in [3.05, 3.63) is 24.3 Å². The van der Waals surface area contributed by atoms with E-state index in [2.05, 4.69) is 16.0 Å². The molecule has 1 saturated carbocycles. The highest BCUT2D eigenvalue weighted by molar-refractivity contribution is 7.89. The lowest BCUT2D eigenvalue weighted by atomic mass is 10.1. The summed E-state index contributed by atoms with van der Waals surface area (Å²) in [5.41, 5.74) is 0.471. The molecule has 0 bridgehead atoms. The van der Waals surface area contributed by atoms with Crippen LogP contribution in [0, 0.1) is 0 Å². The second-order valence-electron chi connectivity index (χ2n) is 6.67. The lowest BCUT2D eigenvalue weighted by Gasteiger charge is -2.33. The largest absolute Gasteiger partial charge is 0.353 e. The molecule has 1 unspecified atom stereocenters. The number of carbonyl (C=O) groups excluding carboxylic acids is 3. The van der Waals surface area contributed by atoms with Gasteiger partial charge in [-0.05, 0) is 37.1 Å². The zero-order valence-corrected chi connectivity index (χ0v) is 15.7. The van der Waals surface area contributed by atoms with Gasteiger partial charge in [-0.25, -0.2) is 8.42 Å². The molecule has 27 heavy (non-hydrogen) atoms. The van der Waals surface area contributed by atoms with Gasteiger partial charge in [0.1, 0.15) is 6.04 Å². The Balaban J connectivity index is 1.79. The van der Waals surface area contributed by atoms with E-state index < -0.39 is 22.0 Å². The van der Waals surface area contributed by atoms with Gasteiger partial charge in [-0.15, -0.1) is 0 Å². The Bertz CT molecular complexity index is 849. The van der Waals surface area contributed by atoms with Crippen molar-refractivity contribution in [3.63, 3.8) is 0 Å². The van der Waals surface area contributed by atoms with Crippen LogP contribution in [0.25, 0.3) is 0 Å². The van der Waals surface area contributed by atoms with E-state index in [9.17, 15) is 22.8 Å². The van der Waals surface area contributed by atoms with Crippen molar-refractivity contribution in [2.45, 2.75) is 43.2 Å². The molecule has 1 aliphatic carbocycles. The van der Waals surface area contributed by atoms with Crippen molar-refractivity contribution in [2.75, 3.05) is 18.4 Å². The summed E-state index contributed by atoms with van der Waals surface area (Å²) in [6, 6.07) is 4.75. The number of benzene rings is 1. The van der Waals surface area contributed by atoms with E-state index in [4.69, 9.17) is 0 Å². The van der Waals surface area contributed by atoms with Gasteiger partial charge in [-0.2, -0.15) is 4.31 Å². The summed E-state index contributed by atoms with van der Waals surface area (Å²) in [7, 11) is -3.97. The number of carbonyl (C=O) groups is 3. The second kappa shape index (κ2) is 7.65. The number of nitrogens with one attached hydrogen (secondary N) is 3. The molecule has 2 aliphatic rings. The Morgan fingerprint density at radius 3 is 2.48 bits per heavy atom. The Morgan fingerprint density at radius 2 is 1.89 bits per heavy atom. The van der Waals surface area contributed by atoms with Crippen molar-refractivity contribution in [3.8, 4) is 0 Å². The molecular formula is C17H22N4O5S. The van der Waals surface area contributed by atoms with Crippen LogP contribution in [-0.2, 0) is 24.4 Å². The van der Waals surface area contributed by atoms with Gasteiger partial charge >= 0.3 is 0 Å². The third kappa shape index (κ3) is 4.64. The number of nitrogens with zero attached hydrogens (tertiary/aromatic N) is 1. The first-order chi connectivity index (χ1) is 12.8. The molecule has 3 rings (SSSR count). The van der Waals surface area contributed by atoms with Crippen LogP contribution in [0.4, 0.5) is 5.69 Å². The number of piperazine rings is 1. The normalized spacial score (nSPS) is 20.6. The van der Waals surface area contributed by atoms with Gasteiger partial charge in [0, 0.05) is 31.7 Å². The predicted molar refractivity (Wildman–Crippen MR) is 97.2 cm³/mol. The van der Waals surface area contributed by atoms with E-state index in [1.165, 1.54) is 31.2 Å². The smallest absolute Gasteiger partial charge is 0.243 e. The first-order valence-electron chi connectivity index (χ1n) is 8.74. The van der Waals surface area contributed by atoms with Gasteiger partial charge in [0.05, 0.1) is 11.3 Å². The van der Waals surface area contributed by atoms with Crippen LogP contribution in [0.2, 0.25) is 0 Å². The van der Waals surface area contributed by atoms with Crippen LogP contribution in [0.5, 0.6) is 0 Å². The molecule has 0 aromatic heterocycles. The standard InChI is InChI=1S/C17H22N4O5S/c1-11(22)19-12-4-6-14(7-5-12)27(25,26)21-9-8-18-17(24)15(21)10-16(23)20-13-2-3-13/h4-7,13,15H,2-3,8-10H2,1H3,(H,18,24)(H,19,22)(H,20,23). The van der Waals surface area contributed by atoms with Crippen molar-refractivity contribution >= 4 is 33.4 Å². The fourth-order valence-corrected chi connectivity index (χ4v) is 4.50. The van der Waals surface area contributed by atoms with E-state index >= 15 is 0 Å². The fourth-order valence-electron chi connectivity index (χ4n) is 2.91. The Morgan fingerprint density at radius 1 is 1.22 bits per heavy atom. The quantitative estimate of drug-likeness (QED) is 0.616. The minimum Gasteiger partial charge on any atom is -0.353 e. The van der Waals surface area contributed by atoms with Gasteiger partial charge in [-0.3, -0.25) is 14.4 Å². The molecule has 0 spiro atoms. The average Bonchev–Trinajstić information content (AvgIpc) is 3.40. The maximum atomic E-state index is 13.0. The van der Waals surface area contributed by atoms with Gasteiger partial charge in [-0.1, -0.05) is 0 Å². The number of hydrogen-bond donors (Lipinski definition) is 3. The monoisotopic (exact) mass is 394 g/mol. The first kappa shape index (κ1) is 19.3. The van der Waals surface area contributed by atoms with E-state index in [1.807, 2.05) is 0 Å². The molecule has 1 atom stereocenters. The van der Waals surface area contributed by atoms with Gasteiger partial charge in [0.15, 0.2) is 0 Å². The highest BCUT2D eigenvalue weighted by atomic mass is 32.2. The summed E-state index contributed by atoms with van der Waals surface area (Å²) in [4.78, 5) is 35.4. The molecule has 0 radical (unpaired) electrons. The number of rotatable bonds is 6. The van der Waals surface area contributed by atoms with E-state index in [-0.39, 0.29) is 42.3 Å². The minimum absolute atomic E-state index is 0.00102. The molecule has 1 aromatic rings. The number of amides is 3. The summed E-state index contributed by atoms with van der Waals surface area (Å²) in [5, 5.41) is 7.96. The highest BCUT2D eigenvalue weighted by Crippen LogP contribution is 2.24. The molecule has 1 saturated heterocycles. The maximum Gasteiger partial charge on any atom is 0.243 e. The van der Waals surface area contributed by atoms with E-state index in [1.54, 1.807) is 0 Å². The van der Waals surface area contributed by atoms with Crippen LogP contribution < -0.4 is 16.0 Å². The van der Waals surface area contributed by atoms with Crippen molar-refractivity contribution < 1.29 is 22.8 Å². The van der Waals surface area contributed by atoms with E-state index in [0.29, 0.717) is 5.69 Å². The van der Waals surface area contributed by atoms with E-state index in [0.717, 1.165) is 17.1 Å². The van der Waals surface area contributed by atoms with Crippen LogP contribution in [0.1, 0.15) is 26.2 Å². The van der Waals surface area contributed by atoms with Crippen LogP contribution in [0.15, 0.2) is 29.2 Å². The predicted octanol–water partition coefficient (Wildman–Crippen LogP) is -0.197. The SMILES string of the molecule is CC(=O)Nc1ccc(S(=O)(=O)N2CCNC(=O)C2CC(=O)NC2CC2)cc1. The molecule has 3 N–H and O–H groups in total. The van der Waals surface area contributed by atoms with Gasteiger partial charge in [0.25, 0.3) is 0 Å². The summed E-state index contributed by atoms with van der Waals surface area (Å²) in [5.74, 6) is -1.08. The highest BCUT2D eigenvalue weighted by Gasteiger charge is 2.40. The minimum atomic E-state index is -3.97. The molecule has 2 fully saturated rings. The van der Waals surface area contributed by atoms with Crippen molar-refractivity contribution in [1.29, 1.82) is 0 Å². The Labute approximate surface area is 157 Å². The van der Waals surface area contributed by atoms with Gasteiger partial charge in [0.2, 0.25) is 27.7 Å². The molecule has 146 valence electrons. The zero-order valence-electron chi connectivity index (χ0n) is 14.9. The Hall–Kier alpha value is -2.46. The fraction of sp³-hybridized carbons (Fsp3) is 0.471. The van der Waals surface area contributed by atoms with Crippen molar-refractivity contribution in [1.82, 2.24) is 14.9 Å². The summed E-state index contributed by atoms with van der Waals surface area (Å²) in [6.07, 6.45) is 1.60. The molecule has 10 heteroatoms. The van der Waals surface area contributed by atoms with Crippen LogP contribution >= 0.6 is 0 Å². The maximum absolute atomic E-state index is 13.0. The van der Waals surface area contributed by atoms with Crippen LogP contribution in [-0.4, -0.2) is 55.6 Å². The molecule has 1 aliphatic heterocycles. The third-order valence-electron chi connectivity index (χ3n) is 4.38. The van der Waals surface area contributed by atoms with Crippen molar-refractivity contribution in [2.24, 2.45) is 0 Å². The zero-order chi connectivity index (χ0) is 19.6. The first-order valence-corrected chi connectivity index (χ1v) is 10.2. The van der Waals surface area contributed by atoms with Crippen LogP contribution in [0.3, 0.4) is 0 Å². The third-order valence-corrected chi connectivity index (χ3v) is 6.31. The number of anilines is 1. The summed E-state index contributed by atoms with van der Waals surface area (Å²) < 4.78 is 27.1. The molecule has 3 amide bonds. The molecule has 9 nitrogen and oxygen atoms in total. The topological polar surface area (TPSA) is 125 Å².